The number of ether oxygens (including phenoxy) is 5. The summed E-state index contributed by atoms with van der Waals surface area (Å²) in [7, 11) is 0. The summed E-state index contributed by atoms with van der Waals surface area (Å²) in [5.41, 5.74) is 0. The van der Waals surface area contributed by atoms with Crippen molar-refractivity contribution < 1.29 is 48.1 Å². The van der Waals surface area contributed by atoms with Gasteiger partial charge < -0.3 is 23.7 Å². The van der Waals surface area contributed by atoms with E-state index in [2.05, 4.69) is 4.98 Å². The number of carbonyl (C=O) groups is 4. The van der Waals surface area contributed by atoms with Crippen LogP contribution in [0.4, 0.5) is 5.82 Å². The van der Waals surface area contributed by atoms with E-state index in [-0.39, 0.29) is 16.6 Å². The van der Waals surface area contributed by atoms with Gasteiger partial charge in [-0.05, 0) is 12.1 Å². The lowest BCUT2D eigenvalue weighted by Gasteiger charge is -2.48. The number of hydroxylamine groups is 1. The number of carbonyl (C=O) groups excluding carboxylic acids is 4. The van der Waals surface area contributed by atoms with Crippen LogP contribution in [0.2, 0.25) is 0 Å². The average Bonchev–Trinajstić information content (AvgIpc) is 2.64. The molecule has 1 saturated heterocycles. The minimum absolute atomic E-state index is 0.0562. The first-order chi connectivity index (χ1) is 13.7. The molecule has 0 saturated carbocycles. The van der Waals surface area contributed by atoms with Crippen molar-refractivity contribution >= 4 is 29.6 Å². The number of rotatable bonds is 3. The molecule has 1 amide bonds. The lowest BCUT2D eigenvalue weighted by molar-refractivity contribution is -0.302. The molecule has 4 atom stereocenters. The molecule has 1 aromatic rings. The zero-order valence-corrected chi connectivity index (χ0v) is 15.7. The predicted molar refractivity (Wildman–Crippen MR) is 89.5 cm³/mol. The first-order valence-electron chi connectivity index (χ1n) is 8.48. The lowest BCUT2D eigenvalue weighted by Crippen LogP contribution is -2.73. The second-order valence-corrected chi connectivity index (χ2v) is 6.27. The molecule has 1 fully saturated rings. The minimum Gasteiger partial charge on any atom is -0.456 e. The Labute approximate surface area is 164 Å². The molecule has 29 heavy (non-hydrogen) atoms. The fourth-order valence-corrected chi connectivity index (χ4v) is 3.10. The average molecular weight is 410 g/mol. The van der Waals surface area contributed by atoms with Crippen LogP contribution in [0.1, 0.15) is 20.8 Å². The quantitative estimate of drug-likeness (QED) is 0.398. The predicted octanol–water partition coefficient (Wildman–Crippen LogP) is -0.282. The molecule has 12 nitrogen and oxygen atoms in total. The Morgan fingerprint density at radius 2 is 1.83 bits per heavy atom. The van der Waals surface area contributed by atoms with Gasteiger partial charge in [0.25, 0.3) is 0 Å². The van der Waals surface area contributed by atoms with Gasteiger partial charge in [-0.3, -0.25) is 24.4 Å². The third-order valence-corrected chi connectivity index (χ3v) is 4.12. The molecular weight excluding hydrogens is 392 g/mol. The number of hydrogen-bond acceptors (Lipinski definition) is 11. The van der Waals surface area contributed by atoms with Crippen molar-refractivity contribution in [3.05, 3.63) is 18.3 Å². The van der Waals surface area contributed by atoms with Gasteiger partial charge in [0.15, 0.2) is 18.0 Å². The van der Waals surface area contributed by atoms with Gasteiger partial charge in [-0.1, -0.05) is 0 Å². The molecule has 0 unspecified atom stereocenters. The van der Waals surface area contributed by atoms with Gasteiger partial charge in [-0.25, -0.2) is 4.98 Å². The number of aromatic nitrogens is 1. The van der Waals surface area contributed by atoms with E-state index < -0.39 is 54.5 Å². The number of amides is 1. The third kappa shape index (κ3) is 3.71. The van der Waals surface area contributed by atoms with Crippen molar-refractivity contribution in [2.24, 2.45) is 0 Å². The molecule has 1 aromatic heterocycles. The van der Waals surface area contributed by atoms with Gasteiger partial charge in [0.05, 0.1) is 6.61 Å². The van der Waals surface area contributed by atoms with Gasteiger partial charge in [0.1, 0.15) is 0 Å². The molecule has 156 valence electrons. The van der Waals surface area contributed by atoms with Crippen molar-refractivity contribution in [1.82, 2.24) is 4.98 Å². The van der Waals surface area contributed by atoms with Crippen molar-refractivity contribution in [3.8, 4) is 5.75 Å². The number of pyridine rings is 1. The number of nitrogens with zero attached hydrogens (tertiary/aromatic N) is 2. The fourth-order valence-electron chi connectivity index (χ4n) is 3.10. The molecule has 1 N–H and O–H groups in total. The SMILES string of the molecule is CC(=O)O[C@@H]1[C@H](OC(C)=O)CO[C@]2(Oc3cccnc3N(O)C2=O)[C@H]1OC(C)=O. The number of hydrogen-bond donors (Lipinski definition) is 1. The summed E-state index contributed by atoms with van der Waals surface area (Å²) in [5.74, 6) is -6.23. The molecule has 3 rings (SSSR count). The van der Waals surface area contributed by atoms with Crippen molar-refractivity contribution in [2.45, 2.75) is 44.9 Å². The van der Waals surface area contributed by atoms with E-state index in [4.69, 9.17) is 23.7 Å². The van der Waals surface area contributed by atoms with E-state index in [0.717, 1.165) is 20.8 Å². The summed E-state index contributed by atoms with van der Waals surface area (Å²) in [6.07, 6.45) is -3.05. The number of esters is 3. The Bertz CT molecular complexity index is 858. The van der Waals surface area contributed by atoms with Crippen molar-refractivity contribution in [3.63, 3.8) is 0 Å². The van der Waals surface area contributed by atoms with Crippen LogP contribution in [0.25, 0.3) is 0 Å². The Morgan fingerprint density at radius 1 is 1.17 bits per heavy atom. The molecule has 2 aliphatic rings. The van der Waals surface area contributed by atoms with Crippen LogP contribution < -0.4 is 9.80 Å². The highest BCUT2D eigenvalue weighted by molar-refractivity contribution is 5.99. The fraction of sp³-hybridized carbons (Fsp3) is 0.471. The summed E-state index contributed by atoms with van der Waals surface area (Å²) in [4.78, 5) is 51.7. The Hall–Kier alpha value is -3.25. The normalized spacial score (nSPS) is 28.2. The first-order valence-corrected chi connectivity index (χ1v) is 8.48. The Balaban J connectivity index is 2.09. The minimum atomic E-state index is -2.41. The van der Waals surface area contributed by atoms with E-state index in [1.54, 1.807) is 0 Å². The highest BCUT2D eigenvalue weighted by Gasteiger charge is 2.66. The maximum Gasteiger partial charge on any atom is 0.336 e. The Kier molecular flexibility index (Phi) is 5.40. The standard InChI is InChI=1S/C17H18N2O10/c1-8(20)26-12-7-25-17(14(28-10(3)22)13(12)27-9(2)21)16(23)19(24)15-11(29-17)5-4-6-18-15/h4-6,12-14,24H,7H2,1-3H3/t12-,13-,14+,17+/m1/s1. The van der Waals surface area contributed by atoms with Crippen LogP contribution in [0.3, 0.4) is 0 Å². The maximum atomic E-state index is 13.0. The van der Waals surface area contributed by atoms with Crippen LogP contribution in [0.5, 0.6) is 5.75 Å². The molecule has 0 bridgehead atoms. The van der Waals surface area contributed by atoms with Crippen LogP contribution >= 0.6 is 0 Å². The zero-order chi connectivity index (χ0) is 21.3. The van der Waals surface area contributed by atoms with Crippen molar-refractivity contribution in [1.29, 1.82) is 0 Å². The molecule has 12 heteroatoms. The topological polar surface area (TPSA) is 151 Å². The number of anilines is 1. The van der Waals surface area contributed by atoms with E-state index in [1.807, 2.05) is 0 Å². The lowest BCUT2D eigenvalue weighted by atomic mass is 9.94. The zero-order valence-electron chi connectivity index (χ0n) is 15.7. The van der Waals surface area contributed by atoms with Gasteiger partial charge in [0, 0.05) is 27.0 Å². The maximum absolute atomic E-state index is 13.0. The van der Waals surface area contributed by atoms with Crippen LogP contribution in [-0.4, -0.2) is 64.7 Å². The first kappa shape index (κ1) is 20.5. The van der Waals surface area contributed by atoms with Crippen LogP contribution in [-0.2, 0) is 38.1 Å². The summed E-state index contributed by atoms with van der Waals surface area (Å²) in [6, 6.07) is 2.87. The summed E-state index contributed by atoms with van der Waals surface area (Å²) >= 11 is 0. The Morgan fingerprint density at radius 3 is 2.45 bits per heavy atom. The molecule has 3 heterocycles. The van der Waals surface area contributed by atoms with E-state index in [1.165, 1.54) is 18.3 Å². The number of fused-ring (bicyclic) bond motifs is 1. The van der Waals surface area contributed by atoms with E-state index in [9.17, 15) is 24.4 Å². The molecule has 2 aliphatic heterocycles. The summed E-state index contributed by atoms with van der Waals surface area (Å²) in [5, 5.41) is 10.5. The second-order valence-electron chi connectivity index (χ2n) is 6.27. The largest absolute Gasteiger partial charge is 0.456 e. The van der Waals surface area contributed by atoms with Gasteiger partial charge in [0.2, 0.25) is 11.9 Å². The third-order valence-electron chi connectivity index (χ3n) is 4.12. The highest BCUT2D eigenvalue weighted by atomic mass is 16.8. The molecular formula is C17H18N2O10. The smallest absolute Gasteiger partial charge is 0.336 e. The molecule has 1 spiro atoms. The molecule has 0 aliphatic carbocycles. The van der Waals surface area contributed by atoms with Crippen LogP contribution in [0, 0.1) is 0 Å². The van der Waals surface area contributed by atoms with Gasteiger partial charge >= 0.3 is 29.6 Å². The monoisotopic (exact) mass is 410 g/mol. The summed E-state index contributed by atoms with van der Waals surface area (Å²) in [6.45, 7) is 2.80. The summed E-state index contributed by atoms with van der Waals surface area (Å²) < 4.78 is 26.7. The van der Waals surface area contributed by atoms with E-state index in [0.29, 0.717) is 0 Å². The van der Waals surface area contributed by atoms with Crippen molar-refractivity contribution in [2.75, 3.05) is 11.7 Å². The molecule has 0 aromatic carbocycles. The second kappa shape index (κ2) is 7.64. The highest BCUT2D eigenvalue weighted by Crippen LogP contribution is 2.42. The molecule has 0 radical (unpaired) electrons. The van der Waals surface area contributed by atoms with Gasteiger partial charge in [-0.15, -0.1) is 0 Å². The van der Waals surface area contributed by atoms with E-state index >= 15 is 0 Å². The van der Waals surface area contributed by atoms with Gasteiger partial charge in [-0.2, -0.15) is 5.06 Å². The van der Waals surface area contributed by atoms with Crippen LogP contribution in [0.15, 0.2) is 18.3 Å².